The zero-order valence-electron chi connectivity index (χ0n) is 17.9. The van der Waals surface area contributed by atoms with Gasteiger partial charge in [-0.25, -0.2) is 8.42 Å². The Balaban J connectivity index is 1.58. The van der Waals surface area contributed by atoms with Gasteiger partial charge in [-0.3, -0.25) is 14.0 Å². The van der Waals surface area contributed by atoms with E-state index in [1.54, 1.807) is 35.7 Å². The summed E-state index contributed by atoms with van der Waals surface area (Å²) < 4.78 is 34.1. The van der Waals surface area contributed by atoms with E-state index in [1.807, 2.05) is 30.3 Å². The monoisotopic (exact) mass is 442 g/mol. The van der Waals surface area contributed by atoms with E-state index < -0.39 is 10.0 Å². The van der Waals surface area contributed by atoms with Crippen molar-refractivity contribution in [1.82, 2.24) is 4.90 Å². The number of nitrogens with zero attached hydrogens (tertiary/aromatic N) is 2. The lowest BCUT2D eigenvalue weighted by Crippen LogP contribution is -2.52. The summed E-state index contributed by atoms with van der Waals surface area (Å²) in [6.45, 7) is 1.48. The topological polar surface area (TPSA) is 66.9 Å². The van der Waals surface area contributed by atoms with Crippen LogP contribution in [0.5, 0.6) is 5.75 Å². The second-order valence-electron chi connectivity index (χ2n) is 8.31. The Kier molecular flexibility index (Phi) is 6.62. The molecule has 0 bridgehead atoms. The molecule has 31 heavy (non-hydrogen) atoms. The van der Waals surface area contributed by atoms with Gasteiger partial charge in [-0.05, 0) is 62.1 Å². The number of Topliss-reactive ketones (excluding diaryl/α,β-unsaturated/α-hetero) is 1. The minimum atomic E-state index is -3.74. The molecule has 0 amide bonds. The molecule has 0 N–H and O–H groups in total. The minimum Gasteiger partial charge on any atom is -0.497 e. The Hall–Kier alpha value is -2.38. The van der Waals surface area contributed by atoms with Crippen LogP contribution in [0, 0.1) is 0 Å². The second kappa shape index (κ2) is 9.40. The number of rotatable bonds is 6. The van der Waals surface area contributed by atoms with Crippen molar-refractivity contribution in [3.8, 4) is 5.75 Å². The van der Waals surface area contributed by atoms with Crippen LogP contribution in [-0.2, 0) is 14.8 Å². The van der Waals surface area contributed by atoms with Gasteiger partial charge < -0.3 is 4.74 Å². The smallest absolute Gasteiger partial charge is 0.264 e. The highest BCUT2D eigenvalue weighted by Crippen LogP contribution is 2.32. The molecular formula is C24H30N2O4S. The predicted octanol–water partition coefficient (Wildman–Crippen LogP) is 3.87. The fraction of sp³-hybridized carbons (Fsp3) is 0.458. The van der Waals surface area contributed by atoms with E-state index in [9.17, 15) is 13.2 Å². The van der Waals surface area contributed by atoms with E-state index in [1.165, 1.54) is 0 Å². The lowest BCUT2D eigenvalue weighted by atomic mass is 9.91. The molecule has 7 heteroatoms. The third-order valence-electron chi connectivity index (χ3n) is 6.42. The summed E-state index contributed by atoms with van der Waals surface area (Å²) in [6.07, 6.45) is 5.09. The van der Waals surface area contributed by atoms with Crippen LogP contribution in [0.3, 0.4) is 0 Å². The van der Waals surface area contributed by atoms with Crippen molar-refractivity contribution in [2.24, 2.45) is 0 Å². The largest absolute Gasteiger partial charge is 0.497 e. The standard InChI is InChI=1S/C24H30N2O4S/c1-30-21-11-13-22(14-12-21)31(28,29)26(19-7-3-2-4-8-19)20-15-17-25(18-16-20)23-9-5-6-10-24(23)27/h2-4,7-8,11-14,20,23H,5-6,9-10,15-18H2,1H3. The normalized spacial score (nSPS) is 21.1. The first kappa shape index (κ1) is 21.8. The molecule has 6 nitrogen and oxygen atoms in total. The third-order valence-corrected chi connectivity index (χ3v) is 8.32. The summed E-state index contributed by atoms with van der Waals surface area (Å²) in [5.74, 6) is 0.964. The van der Waals surface area contributed by atoms with Gasteiger partial charge >= 0.3 is 0 Å². The first-order chi connectivity index (χ1) is 15.0. The van der Waals surface area contributed by atoms with Gasteiger partial charge in [0.2, 0.25) is 0 Å². The van der Waals surface area contributed by atoms with Crippen LogP contribution in [-0.4, -0.2) is 51.4 Å². The lowest BCUT2D eigenvalue weighted by molar-refractivity contribution is -0.126. The highest BCUT2D eigenvalue weighted by Gasteiger charge is 2.37. The number of ketones is 1. The molecule has 1 saturated carbocycles. The summed E-state index contributed by atoms with van der Waals surface area (Å²) >= 11 is 0. The van der Waals surface area contributed by atoms with Crippen molar-refractivity contribution in [2.75, 3.05) is 24.5 Å². The van der Waals surface area contributed by atoms with E-state index in [4.69, 9.17) is 4.74 Å². The fourth-order valence-corrected chi connectivity index (χ4v) is 6.47. The fourth-order valence-electron chi connectivity index (χ4n) is 4.76. The highest BCUT2D eigenvalue weighted by atomic mass is 32.2. The van der Waals surface area contributed by atoms with Crippen LogP contribution in [0.4, 0.5) is 5.69 Å². The molecule has 1 heterocycles. The van der Waals surface area contributed by atoms with Gasteiger partial charge in [-0.1, -0.05) is 24.6 Å². The van der Waals surface area contributed by atoms with Crippen molar-refractivity contribution in [2.45, 2.75) is 55.5 Å². The highest BCUT2D eigenvalue weighted by molar-refractivity contribution is 7.92. The predicted molar refractivity (Wildman–Crippen MR) is 121 cm³/mol. The number of sulfonamides is 1. The second-order valence-corrected chi connectivity index (χ2v) is 10.1. The average Bonchev–Trinajstić information content (AvgIpc) is 2.81. The number of carbonyl (C=O) groups is 1. The maximum Gasteiger partial charge on any atom is 0.264 e. The number of para-hydroxylation sites is 1. The Morgan fingerprint density at radius 2 is 1.61 bits per heavy atom. The number of piperidine rings is 1. The minimum absolute atomic E-state index is 0.0121. The number of likely N-dealkylation sites (tertiary alicyclic amines) is 1. The van der Waals surface area contributed by atoms with Crippen LogP contribution in [0.25, 0.3) is 0 Å². The van der Waals surface area contributed by atoms with Crippen LogP contribution in [0.1, 0.15) is 38.5 Å². The number of hydrogen-bond acceptors (Lipinski definition) is 5. The molecule has 0 spiro atoms. The molecule has 2 aromatic rings. The quantitative estimate of drug-likeness (QED) is 0.680. The molecule has 1 atom stereocenters. The van der Waals surface area contributed by atoms with E-state index in [2.05, 4.69) is 4.90 Å². The van der Waals surface area contributed by atoms with E-state index >= 15 is 0 Å². The maximum atomic E-state index is 13.7. The van der Waals surface area contributed by atoms with Crippen LogP contribution < -0.4 is 9.04 Å². The summed E-state index contributed by atoms with van der Waals surface area (Å²) in [7, 11) is -2.18. The Bertz CT molecular complexity index is 984. The molecule has 2 aromatic carbocycles. The number of carbonyl (C=O) groups excluding carboxylic acids is 1. The van der Waals surface area contributed by atoms with Crippen molar-refractivity contribution in [3.05, 3.63) is 54.6 Å². The SMILES string of the molecule is COc1ccc(S(=O)(=O)N(c2ccccc2)C2CCN(C3CCCCC3=O)CC2)cc1. The van der Waals surface area contributed by atoms with E-state index in [0.717, 1.165) is 32.4 Å². The molecule has 2 aliphatic rings. The van der Waals surface area contributed by atoms with Gasteiger partial charge in [-0.15, -0.1) is 0 Å². The Morgan fingerprint density at radius 3 is 2.23 bits per heavy atom. The molecule has 0 aromatic heterocycles. The zero-order valence-corrected chi connectivity index (χ0v) is 18.8. The summed E-state index contributed by atoms with van der Waals surface area (Å²) in [6, 6.07) is 15.7. The van der Waals surface area contributed by atoms with Crippen molar-refractivity contribution in [3.63, 3.8) is 0 Å². The van der Waals surface area contributed by atoms with Crippen molar-refractivity contribution in [1.29, 1.82) is 0 Å². The van der Waals surface area contributed by atoms with E-state index in [-0.39, 0.29) is 17.0 Å². The molecule has 0 radical (unpaired) electrons. The number of benzene rings is 2. The molecule has 1 aliphatic heterocycles. The van der Waals surface area contributed by atoms with Gasteiger partial charge in [0.15, 0.2) is 0 Å². The number of ether oxygens (including phenoxy) is 1. The van der Waals surface area contributed by atoms with Gasteiger partial charge in [0.05, 0.1) is 23.7 Å². The molecule has 1 unspecified atom stereocenters. The van der Waals surface area contributed by atoms with E-state index in [0.29, 0.717) is 36.5 Å². The van der Waals surface area contributed by atoms with Crippen molar-refractivity contribution < 1.29 is 17.9 Å². The molecular weight excluding hydrogens is 412 g/mol. The van der Waals surface area contributed by atoms with Crippen LogP contribution in [0.2, 0.25) is 0 Å². The first-order valence-corrected chi connectivity index (χ1v) is 12.4. The van der Waals surface area contributed by atoms with Crippen molar-refractivity contribution >= 4 is 21.5 Å². The zero-order chi connectivity index (χ0) is 21.8. The molecule has 1 saturated heterocycles. The third kappa shape index (κ3) is 4.62. The maximum absolute atomic E-state index is 13.7. The Labute approximate surface area is 184 Å². The first-order valence-electron chi connectivity index (χ1n) is 11.0. The molecule has 4 rings (SSSR count). The van der Waals surface area contributed by atoms with Crippen LogP contribution >= 0.6 is 0 Å². The van der Waals surface area contributed by atoms with Gasteiger partial charge in [-0.2, -0.15) is 0 Å². The van der Waals surface area contributed by atoms with Crippen LogP contribution in [0.15, 0.2) is 59.5 Å². The molecule has 166 valence electrons. The number of hydrogen-bond donors (Lipinski definition) is 0. The lowest BCUT2D eigenvalue weighted by Gasteiger charge is -2.42. The summed E-state index contributed by atoms with van der Waals surface area (Å²) in [5, 5.41) is 0. The average molecular weight is 443 g/mol. The summed E-state index contributed by atoms with van der Waals surface area (Å²) in [5.41, 5.74) is 0.672. The Morgan fingerprint density at radius 1 is 0.935 bits per heavy atom. The van der Waals surface area contributed by atoms with Gasteiger partial charge in [0, 0.05) is 25.6 Å². The van der Waals surface area contributed by atoms with Gasteiger partial charge in [0.1, 0.15) is 11.5 Å². The molecule has 2 fully saturated rings. The number of methoxy groups -OCH3 is 1. The van der Waals surface area contributed by atoms with Gasteiger partial charge in [0.25, 0.3) is 10.0 Å². The molecule has 1 aliphatic carbocycles. The number of anilines is 1. The summed E-state index contributed by atoms with van der Waals surface area (Å²) in [4.78, 5) is 14.9.